The molecular weight excluding hydrogens is 374 g/mol. The molecule has 0 radical (unpaired) electrons. The van der Waals surface area contributed by atoms with E-state index in [1.807, 2.05) is 0 Å². The fourth-order valence-corrected chi connectivity index (χ4v) is 4.81. The Hall–Kier alpha value is -0.320. The second kappa shape index (κ2) is 9.87. The van der Waals surface area contributed by atoms with E-state index in [2.05, 4.69) is 35.8 Å². The highest BCUT2D eigenvalue weighted by Crippen LogP contribution is 2.40. The number of morpholine rings is 3. The molecule has 0 bridgehead atoms. The normalized spacial score (nSPS) is 36.9. The Labute approximate surface area is 175 Å². The summed E-state index contributed by atoms with van der Waals surface area (Å²) in [7, 11) is 6.48. The van der Waals surface area contributed by atoms with E-state index in [-0.39, 0.29) is 17.8 Å². The molecule has 4 aliphatic rings. The summed E-state index contributed by atoms with van der Waals surface area (Å²) in [5.74, 6) is 0. The lowest BCUT2D eigenvalue weighted by molar-refractivity contribution is -0.180. The van der Waals surface area contributed by atoms with Crippen molar-refractivity contribution in [1.29, 1.82) is 0 Å². The summed E-state index contributed by atoms with van der Waals surface area (Å²) in [6.07, 6.45) is 3.78. The van der Waals surface area contributed by atoms with Gasteiger partial charge < -0.3 is 23.7 Å². The molecular formula is C21H39N3O5. The van der Waals surface area contributed by atoms with E-state index in [9.17, 15) is 0 Å². The second-order valence-corrected chi connectivity index (χ2v) is 9.25. The standard InChI is InChI=1S/C21H39N3O5/c1-22-7-8-25-9-17(22)14-29-20-15-27-11-18(23(20)2)10-26-12-19-13-28-16-21(24(19)3)5-4-6-21/h17-20H,4-16H2,1-3H3/t17-,18+,19?,20?/m0/s1. The number of hydrogen-bond acceptors (Lipinski definition) is 8. The highest BCUT2D eigenvalue weighted by Gasteiger charge is 2.46. The molecule has 3 saturated heterocycles. The summed E-state index contributed by atoms with van der Waals surface area (Å²) in [5.41, 5.74) is 0.270. The summed E-state index contributed by atoms with van der Waals surface area (Å²) >= 11 is 0. The highest BCUT2D eigenvalue weighted by atomic mass is 16.6. The Balaban J connectivity index is 1.19. The van der Waals surface area contributed by atoms with Gasteiger partial charge in [-0.05, 0) is 40.4 Å². The van der Waals surface area contributed by atoms with Crippen LogP contribution < -0.4 is 0 Å². The predicted molar refractivity (Wildman–Crippen MR) is 109 cm³/mol. The minimum absolute atomic E-state index is 0.0355. The molecule has 0 amide bonds. The van der Waals surface area contributed by atoms with Gasteiger partial charge in [0, 0.05) is 12.1 Å². The van der Waals surface area contributed by atoms with Gasteiger partial charge in [0.2, 0.25) is 0 Å². The lowest BCUT2D eigenvalue weighted by Crippen LogP contribution is -2.64. The van der Waals surface area contributed by atoms with Crippen molar-refractivity contribution in [3.8, 4) is 0 Å². The lowest BCUT2D eigenvalue weighted by atomic mass is 9.75. The zero-order valence-corrected chi connectivity index (χ0v) is 18.4. The molecule has 8 heteroatoms. The van der Waals surface area contributed by atoms with Crippen LogP contribution in [0.5, 0.6) is 0 Å². The Kier molecular flexibility index (Phi) is 7.45. The van der Waals surface area contributed by atoms with Gasteiger partial charge in [-0.3, -0.25) is 14.7 Å². The van der Waals surface area contributed by atoms with E-state index in [1.165, 1.54) is 19.3 Å². The number of nitrogens with zero attached hydrogens (tertiary/aromatic N) is 3. The first-order valence-corrected chi connectivity index (χ1v) is 11.2. The zero-order valence-electron chi connectivity index (χ0n) is 18.4. The average Bonchev–Trinajstić information content (AvgIpc) is 2.69. The topological polar surface area (TPSA) is 55.9 Å². The van der Waals surface area contributed by atoms with Gasteiger partial charge in [0.05, 0.1) is 77.6 Å². The predicted octanol–water partition coefficient (Wildman–Crippen LogP) is 0.260. The molecule has 8 nitrogen and oxygen atoms in total. The van der Waals surface area contributed by atoms with Gasteiger partial charge in [-0.2, -0.15) is 0 Å². The quantitative estimate of drug-likeness (QED) is 0.589. The van der Waals surface area contributed by atoms with E-state index in [1.54, 1.807) is 0 Å². The van der Waals surface area contributed by atoms with Crippen molar-refractivity contribution in [3.05, 3.63) is 0 Å². The monoisotopic (exact) mass is 413 g/mol. The van der Waals surface area contributed by atoms with Crippen LogP contribution in [0.25, 0.3) is 0 Å². The maximum atomic E-state index is 6.19. The van der Waals surface area contributed by atoms with Crippen molar-refractivity contribution in [3.63, 3.8) is 0 Å². The Morgan fingerprint density at radius 3 is 2.38 bits per heavy atom. The fraction of sp³-hybridized carbons (Fsp3) is 1.00. The smallest absolute Gasteiger partial charge is 0.134 e. The van der Waals surface area contributed by atoms with Gasteiger partial charge in [-0.1, -0.05) is 0 Å². The lowest BCUT2D eigenvalue weighted by Gasteiger charge is -2.54. The van der Waals surface area contributed by atoms with Crippen molar-refractivity contribution in [2.75, 3.05) is 87.1 Å². The highest BCUT2D eigenvalue weighted by molar-refractivity contribution is 5.01. The van der Waals surface area contributed by atoms with Crippen molar-refractivity contribution >= 4 is 0 Å². The fourth-order valence-electron chi connectivity index (χ4n) is 4.81. The molecule has 3 aliphatic heterocycles. The van der Waals surface area contributed by atoms with Crippen LogP contribution in [-0.4, -0.2) is 132 Å². The molecule has 3 heterocycles. The maximum Gasteiger partial charge on any atom is 0.134 e. The van der Waals surface area contributed by atoms with Crippen LogP contribution in [0.3, 0.4) is 0 Å². The minimum atomic E-state index is -0.0355. The molecule has 0 N–H and O–H groups in total. The number of likely N-dealkylation sites (N-methyl/N-ethyl adjacent to an activating group) is 3. The Morgan fingerprint density at radius 2 is 1.62 bits per heavy atom. The second-order valence-electron chi connectivity index (χ2n) is 9.25. The van der Waals surface area contributed by atoms with Gasteiger partial charge in [-0.15, -0.1) is 0 Å². The summed E-state index contributed by atoms with van der Waals surface area (Å²) in [6.45, 7) is 7.45. The summed E-state index contributed by atoms with van der Waals surface area (Å²) in [6, 6.07) is 0.865. The Bertz CT molecular complexity index is 521. The van der Waals surface area contributed by atoms with Gasteiger partial charge in [-0.25, -0.2) is 0 Å². The molecule has 1 aliphatic carbocycles. The van der Waals surface area contributed by atoms with Gasteiger partial charge in [0.15, 0.2) is 0 Å². The first-order valence-electron chi connectivity index (χ1n) is 11.2. The molecule has 29 heavy (non-hydrogen) atoms. The largest absolute Gasteiger partial charge is 0.378 e. The summed E-state index contributed by atoms with van der Waals surface area (Å²) in [4.78, 5) is 7.09. The van der Waals surface area contributed by atoms with Crippen LogP contribution in [-0.2, 0) is 23.7 Å². The molecule has 0 aromatic carbocycles. The molecule has 1 saturated carbocycles. The van der Waals surface area contributed by atoms with Crippen molar-refractivity contribution in [2.24, 2.45) is 0 Å². The SMILES string of the molecule is CN1CCOC[C@H]1COC1COC[C@@H](COCC2COCC3(CCC3)N2C)N1C. The average molecular weight is 414 g/mol. The van der Waals surface area contributed by atoms with Crippen molar-refractivity contribution in [1.82, 2.24) is 14.7 Å². The van der Waals surface area contributed by atoms with E-state index in [0.29, 0.717) is 45.1 Å². The maximum absolute atomic E-state index is 6.19. The molecule has 4 fully saturated rings. The third-order valence-corrected chi connectivity index (χ3v) is 7.49. The van der Waals surface area contributed by atoms with Crippen LogP contribution in [0.1, 0.15) is 19.3 Å². The van der Waals surface area contributed by atoms with Gasteiger partial charge in [0.1, 0.15) is 6.23 Å². The number of hydrogen-bond donors (Lipinski definition) is 0. The van der Waals surface area contributed by atoms with E-state index in [0.717, 1.165) is 33.0 Å². The molecule has 1 spiro atoms. The summed E-state index contributed by atoms with van der Waals surface area (Å²) in [5, 5.41) is 0. The van der Waals surface area contributed by atoms with Crippen molar-refractivity contribution < 1.29 is 23.7 Å². The first kappa shape index (κ1) is 21.9. The van der Waals surface area contributed by atoms with Gasteiger partial charge >= 0.3 is 0 Å². The van der Waals surface area contributed by atoms with Gasteiger partial charge in [0.25, 0.3) is 0 Å². The molecule has 4 rings (SSSR count). The van der Waals surface area contributed by atoms with Crippen LogP contribution in [0, 0.1) is 0 Å². The molecule has 0 aromatic heterocycles. The summed E-state index contributed by atoms with van der Waals surface area (Å²) < 4.78 is 29.7. The number of ether oxygens (including phenoxy) is 5. The molecule has 4 atom stereocenters. The molecule has 168 valence electrons. The zero-order chi connectivity index (χ0) is 20.3. The minimum Gasteiger partial charge on any atom is -0.378 e. The van der Waals surface area contributed by atoms with Crippen LogP contribution in [0.2, 0.25) is 0 Å². The van der Waals surface area contributed by atoms with E-state index < -0.39 is 0 Å². The van der Waals surface area contributed by atoms with Crippen molar-refractivity contribution in [2.45, 2.75) is 49.2 Å². The molecule has 0 aromatic rings. The third-order valence-electron chi connectivity index (χ3n) is 7.49. The Morgan fingerprint density at radius 1 is 0.862 bits per heavy atom. The van der Waals surface area contributed by atoms with Crippen LogP contribution in [0.4, 0.5) is 0 Å². The van der Waals surface area contributed by atoms with Crippen LogP contribution >= 0.6 is 0 Å². The van der Waals surface area contributed by atoms with E-state index in [4.69, 9.17) is 23.7 Å². The number of rotatable bonds is 7. The first-order chi connectivity index (χ1) is 14.1. The van der Waals surface area contributed by atoms with E-state index >= 15 is 0 Å². The van der Waals surface area contributed by atoms with Crippen LogP contribution in [0.15, 0.2) is 0 Å². The third kappa shape index (κ3) is 4.96. The molecule has 2 unspecified atom stereocenters.